The number of aromatic nitrogens is 4. The number of carbonyl (C=O) groups excluding carboxylic acids is 5. The normalized spacial score (nSPS) is 14.6. The summed E-state index contributed by atoms with van der Waals surface area (Å²) in [5.41, 5.74) is 11.7. The van der Waals surface area contributed by atoms with Crippen LogP contribution in [-0.2, 0) is 22.6 Å². The summed E-state index contributed by atoms with van der Waals surface area (Å²) in [6, 6.07) is 6.29. The first kappa shape index (κ1) is 45.8. The number of aldehydes is 1. The molecule has 1 saturated heterocycles. The van der Waals surface area contributed by atoms with Gasteiger partial charge in [0.25, 0.3) is 11.6 Å². The first-order valence-corrected chi connectivity index (χ1v) is 19.6. The maximum Gasteiger partial charge on any atom is 0.410 e. The van der Waals surface area contributed by atoms with Crippen molar-refractivity contribution in [3.63, 3.8) is 0 Å². The van der Waals surface area contributed by atoms with Gasteiger partial charge in [-0.2, -0.15) is 5.10 Å². The number of aryl methyl sites for hydroxylation is 2. The molecular formula is C41H51N11O10. The second-order valence-electron chi connectivity index (χ2n) is 15.2. The maximum atomic E-state index is 13.5. The van der Waals surface area contributed by atoms with Gasteiger partial charge in [0.2, 0.25) is 17.8 Å². The minimum absolute atomic E-state index is 0.000180. The Kier molecular flexibility index (Phi) is 14.7. The number of hydrogen-bond acceptors (Lipinski definition) is 14. The Morgan fingerprint density at radius 3 is 2.32 bits per heavy atom. The first-order chi connectivity index (χ1) is 29.4. The van der Waals surface area contributed by atoms with Crippen LogP contribution in [0.3, 0.4) is 0 Å². The number of nitro groups is 1. The van der Waals surface area contributed by atoms with Crippen LogP contribution >= 0.6 is 0 Å². The molecule has 4 amide bonds. The third-order valence-electron chi connectivity index (χ3n) is 9.54. The number of nitrogens with zero attached hydrogens (tertiary/aromatic N) is 7. The average Bonchev–Trinajstić information content (AvgIpc) is 3.78. The summed E-state index contributed by atoms with van der Waals surface area (Å²) in [5.74, 6) is -1.65. The van der Waals surface area contributed by atoms with Crippen molar-refractivity contribution >= 4 is 58.5 Å². The van der Waals surface area contributed by atoms with E-state index >= 15 is 0 Å². The quantitative estimate of drug-likeness (QED) is 0.0482. The monoisotopic (exact) mass is 857 g/mol. The molecule has 1 fully saturated rings. The highest BCUT2D eigenvalue weighted by Crippen LogP contribution is 2.36. The number of amides is 4. The summed E-state index contributed by atoms with van der Waals surface area (Å²) < 4.78 is 20.2. The maximum absolute atomic E-state index is 13.5. The van der Waals surface area contributed by atoms with Crippen LogP contribution in [0.2, 0.25) is 0 Å². The standard InChI is InChI=1S/C41H51N11O10/c1-7-51-31(18-25(2)47-51)38(56)46-39-45-29-19-26(36(42)54)22-33(60-6)35(29)50(39)14-9-8-12-44-34-30(52(58)59)20-27(37(43)55)21-32(34)61-17-11-10-13-48-15-16-49(28(23-48)24-53)40(57)62-41(3,4)5/h8-11,18-22,24,28,44H,7,12-17,23H2,1-6H3,(H2,42,54)(H2,43,55)(H,45,46,56)/b9-8+,11-10+. The van der Waals surface area contributed by atoms with Crippen molar-refractivity contribution in [2.75, 3.05) is 57.1 Å². The largest absolute Gasteiger partial charge is 0.494 e. The fourth-order valence-corrected chi connectivity index (χ4v) is 6.67. The molecule has 6 N–H and O–H groups in total. The molecule has 0 spiro atoms. The molecule has 2 aromatic heterocycles. The van der Waals surface area contributed by atoms with Crippen LogP contribution in [0.5, 0.6) is 11.5 Å². The van der Waals surface area contributed by atoms with Gasteiger partial charge in [0.05, 0.1) is 23.2 Å². The van der Waals surface area contributed by atoms with E-state index in [1.165, 1.54) is 30.2 Å². The van der Waals surface area contributed by atoms with Crippen molar-refractivity contribution < 1.29 is 43.1 Å². The van der Waals surface area contributed by atoms with E-state index < -0.39 is 46.1 Å². The Morgan fingerprint density at radius 1 is 0.984 bits per heavy atom. The Morgan fingerprint density at radius 2 is 1.68 bits per heavy atom. The topological polar surface area (TPSA) is 274 Å². The third-order valence-corrected chi connectivity index (χ3v) is 9.54. The molecule has 0 radical (unpaired) electrons. The smallest absolute Gasteiger partial charge is 0.410 e. The number of piperazine rings is 1. The Balaban J connectivity index is 1.31. The minimum atomic E-state index is -0.890. The number of hydrogen-bond donors (Lipinski definition) is 4. The van der Waals surface area contributed by atoms with Crippen LogP contribution in [0.15, 0.2) is 54.6 Å². The van der Waals surface area contributed by atoms with E-state index in [1.54, 1.807) is 67.3 Å². The van der Waals surface area contributed by atoms with Crippen molar-refractivity contribution in [2.24, 2.45) is 11.5 Å². The third kappa shape index (κ3) is 11.1. The van der Waals surface area contributed by atoms with E-state index in [1.807, 2.05) is 11.8 Å². The number of nitrogens with two attached hydrogens (primary N) is 2. The van der Waals surface area contributed by atoms with E-state index in [9.17, 15) is 34.1 Å². The molecule has 5 rings (SSSR count). The van der Waals surface area contributed by atoms with Gasteiger partial charge in [-0.05, 0) is 58.9 Å². The minimum Gasteiger partial charge on any atom is -0.494 e. The Bertz CT molecular complexity index is 2410. The van der Waals surface area contributed by atoms with Gasteiger partial charge in [-0.1, -0.05) is 24.3 Å². The van der Waals surface area contributed by atoms with Crippen LogP contribution in [0.4, 0.5) is 22.1 Å². The lowest BCUT2D eigenvalue weighted by Crippen LogP contribution is -2.56. The molecule has 0 bridgehead atoms. The van der Waals surface area contributed by atoms with Gasteiger partial charge in [0.1, 0.15) is 41.5 Å². The Labute approximate surface area is 356 Å². The number of rotatable bonds is 18. The molecule has 330 valence electrons. The molecule has 1 atom stereocenters. The predicted molar refractivity (Wildman–Crippen MR) is 229 cm³/mol. The summed E-state index contributed by atoms with van der Waals surface area (Å²) in [6.45, 7) is 11.0. The number of benzene rings is 2. The molecule has 3 heterocycles. The van der Waals surface area contributed by atoms with Crippen LogP contribution in [0, 0.1) is 17.0 Å². The number of allylic oxidation sites excluding steroid dienone is 1. The molecule has 4 aromatic rings. The lowest BCUT2D eigenvalue weighted by molar-refractivity contribution is -0.384. The van der Waals surface area contributed by atoms with Crippen LogP contribution in [-0.4, -0.2) is 122 Å². The number of nitrogens with one attached hydrogen (secondary N) is 2. The second kappa shape index (κ2) is 19.8. The van der Waals surface area contributed by atoms with E-state index in [4.69, 9.17) is 25.7 Å². The number of carbonyl (C=O) groups is 5. The van der Waals surface area contributed by atoms with Crippen molar-refractivity contribution in [1.82, 2.24) is 29.1 Å². The van der Waals surface area contributed by atoms with E-state index in [0.717, 1.165) is 6.07 Å². The molecule has 1 aliphatic rings. The molecule has 1 unspecified atom stereocenters. The number of imidazole rings is 1. The highest BCUT2D eigenvalue weighted by Gasteiger charge is 2.33. The Hall–Kier alpha value is -7.29. The van der Waals surface area contributed by atoms with Gasteiger partial charge >= 0.3 is 6.09 Å². The molecular weight excluding hydrogens is 807 g/mol. The van der Waals surface area contributed by atoms with Gasteiger partial charge in [0.15, 0.2) is 11.4 Å². The van der Waals surface area contributed by atoms with Gasteiger partial charge in [0, 0.05) is 63.0 Å². The van der Waals surface area contributed by atoms with Crippen molar-refractivity contribution in [3.8, 4) is 11.5 Å². The zero-order valence-electron chi connectivity index (χ0n) is 35.4. The van der Waals surface area contributed by atoms with Gasteiger partial charge in [-0.3, -0.25) is 44.3 Å². The van der Waals surface area contributed by atoms with Crippen LogP contribution in [0.1, 0.15) is 64.6 Å². The van der Waals surface area contributed by atoms with Crippen LogP contribution < -0.4 is 31.6 Å². The zero-order chi connectivity index (χ0) is 45.3. The summed E-state index contributed by atoms with van der Waals surface area (Å²) >= 11 is 0. The number of anilines is 2. The SMILES string of the molecule is CCn1nc(C)cc1C(=O)Nc1nc2cc(C(N)=O)cc(OC)c2n1C/C=C/CNc1c(OC/C=C/CN2CCN(C(=O)OC(C)(C)C)C(C=O)C2)cc(C(N)=O)cc1[N+](=O)[O-]. The highest BCUT2D eigenvalue weighted by atomic mass is 16.6. The second-order valence-corrected chi connectivity index (χ2v) is 15.2. The average molecular weight is 858 g/mol. The van der Waals surface area contributed by atoms with Gasteiger partial charge in [-0.25, -0.2) is 9.78 Å². The molecule has 21 heteroatoms. The number of ether oxygens (including phenoxy) is 3. The number of methoxy groups -OCH3 is 1. The predicted octanol–water partition coefficient (Wildman–Crippen LogP) is 3.65. The van der Waals surface area contributed by atoms with Crippen molar-refractivity contribution in [3.05, 3.63) is 87.3 Å². The highest BCUT2D eigenvalue weighted by molar-refractivity contribution is 6.04. The molecule has 1 aliphatic heterocycles. The van der Waals surface area contributed by atoms with Crippen molar-refractivity contribution in [1.29, 1.82) is 0 Å². The number of primary amides is 2. The number of fused-ring (bicyclic) bond motifs is 1. The summed E-state index contributed by atoms with van der Waals surface area (Å²) in [6.07, 6.45) is 7.05. The van der Waals surface area contributed by atoms with E-state index in [-0.39, 0.29) is 54.0 Å². The molecule has 0 saturated carbocycles. The number of nitro benzene ring substituents is 1. The zero-order valence-corrected chi connectivity index (χ0v) is 35.4. The molecule has 62 heavy (non-hydrogen) atoms. The van der Waals surface area contributed by atoms with Crippen LogP contribution in [0.25, 0.3) is 11.0 Å². The summed E-state index contributed by atoms with van der Waals surface area (Å²) in [5, 5.41) is 22.4. The van der Waals surface area contributed by atoms with Gasteiger partial charge < -0.3 is 40.4 Å². The molecule has 2 aromatic carbocycles. The van der Waals surface area contributed by atoms with E-state index in [2.05, 4.69) is 20.7 Å². The van der Waals surface area contributed by atoms with E-state index in [0.29, 0.717) is 61.4 Å². The fraction of sp³-hybridized carbons (Fsp3) is 0.390. The first-order valence-electron chi connectivity index (χ1n) is 19.6. The lowest BCUT2D eigenvalue weighted by Gasteiger charge is -2.39. The lowest BCUT2D eigenvalue weighted by atomic mass is 10.1. The fourth-order valence-electron chi connectivity index (χ4n) is 6.67. The summed E-state index contributed by atoms with van der Waals surface area (Å²) in [7, 11) is 1.42. The molecule has 0 aliphatic carbocycles. The molecule has 21 nitrogen and oxygen atoms in total. The van der Waals surface area contributed by atoms with Crippen molar-refractivity contribution in [2.45, 2.75) is 59.4 Å². The van der Waals surface area contributed by atoms with Gasteiger partial charge in [-0.15, -0.1) is 0 Å². The summed E-state index contributed by atoms with van der Waals surface area (Å²) in [4.78, 5) is 81.7.